The minimum absolute atomic E-state index is 0.00458. The Balaban J connectivity index is 0.000000232. The molecule has 0 amide bonds. The molecule has 6 rings (SSSR count). The van der Waals surface area contributed by atoms with Crippen LogP contribution in [0.3, 0.4) is 0 Å². The number of allylic oxidation sites excluding steroid dienone is 2. The maximum absolute atomic E-state index is 12.9. The molecule has 0 radical (unpaired) electrons. The first-order valence-corrected chi connectivity index (χ1v) is 15.6. The molecule has 0 saturated heterocycles. The number of phenolic OH excluding ortho intramolecular Hbond substituents is 2. The number of benzene rings is 4. The van der Waals surface area contributed by atoms with Gasteiger partial charge in [0, 0.05) is 17.2 Å². The molecule has 1 aromatic heterocycles. The van der Waals surface area contributed by atoms with E-state index in [9.17, 15) is 24.9 Å². The van der Waals surface area contributed by atoms with E-state index < -0.39 is 11.2 Å². The molecule has 0 fully saturated rings. The topological polar surface area (TPSA) is 136 Å². The fourth-order valence-corrected chi connectivity index (χ4v) is 5.47. The van der Waals surface area contributed by atoms with Gasteiger partial charge in [-0.2, -0.15) is 0 Å². The Morgan fingerprint density at radius 2 is 1.61 bits per heavy atom. The Bertz CT molecular complexity index is 2130. The SMILES string of the molecule is COc1c(CC=C(C)C)c2c(c3oc(=O)c(-c4ccc(O)cc4)c(O)c13)C=CC(C)(C)O2.COc1ccc(C(=O)c2ccccc2)c(O)c1. The van der Waals surface area contributed by atoms with Gasteiger partial charge in [-0.15, -0.1) is 0 Å². The Labute approximate surface area is 284 Å². The van der Waals surface area contributed by atoms with Crippen molar-refractivity contribution in [3.8, 4) is 45.6 Å². The standard InChI is InChI=1S/C26H26O6.C14H12O3/c1-14(2)6-11-17-22-18(12-13-26(3,4)32-22)24-20(23(17)30-5)21(28)19(25(29)31-24)15-7-9-16(27)10-8-15;1-17-11-7-8-12(13(15)9-11)14(16)10-5-3-2-4-6-10/h6-10,12-13,27-28H,11H2,1-5H3;2-9,15H,1H3. The van der Waals surface area contributed by atoms with Crippen molar-refractivity contribution in [3.63, 3.8) is 0 Å². The van der Waals surface area contributed by atoms with Gasteiger partial charge >= 0.3 is 5.63 Å². The van der Waals surface area contributed by atoms with E-state index in [0.29, 0.717) is 45.7 Å². The number of hydrogen-bond donors (Lipinski definition) is 3. The fourth-order valence-electron chi connectivity index (χ4n) is 5.47. The van der Waals surface area contributed by atoms with E-state index in [1.54, 1.807) is 48.5 Å². The van der Waals surface area contributed by atoms with E-state index in [1.807, 2.05) is 45.9 Å². The average Bonchev–Trinajstić information content (AvgIpc) is 3.07. The molecule has 9 heteroatoms. The summed E-state index contributed by atoms with van der Waals surface area (Å²) in [5, 5.41) is 30.9. The minimum Gasteiger partial charge on any atom is -0.508 e. The zero-order valence-electron chi connectivity index (χ0n) is 28.2. The summed E-state index contributed by atoms with van der Waals surface area (Å²) >= 11 is 0. The molecular weight excluding hydrogens is 624 g/mol. The van der Waals surface area contributed by atoms with Crippen molar-refractivity contribution in [2.75, 3.05) is 14.2 Å². The van der Waals surface area contributed by atoms with Gasteiger partial charge in [0.2, 0.25) is 0 Å². The number of carbonyl (C=O) groups is 1. The predicted octanol–water partition coefficient (Wildman–Crippen LogP) is 8.20. The highest BCUT2D eigenvalue weighted by molar-refractivity contribution is 6.10. The zero-order valence-corrected chi connectivity index (χ0v) is 28.2. The maximum Gasteiger partial charge on any atom is 0.348 e. The summed E-state index contributed by atoms with van der Waals surface area (Å²) in [5.41, 5.74) is 2.68. The number of hydrogen-bond acceptors (Lipinski definition) is 9. The van der Waals surface area contributed by atoms with E-state index in [1.165, 1.54) is 32.4 Å². The van der Waals surface area contributed by atoms with Crippen LogP contribution in [0.1, 0.15) is 54.7 Å². The lowest BCUT2D eigenvalue weighted by Crippen LogP contribution is -2.28. The molecule has 0 saturated carbocycles. The quantitative estimate of drug-likeness (QED) is 0.0895. The van der Waals surface area contributed by atoms with Gasteiger partial charge in [0.05, 0.1) is 25.3 Å². The van der Waals surface area contributed by atoms with Crippen molar-refractivity contribution in [1.29, 1.82) is 0 Å². The Morgan fingerprint density at radius 3 is 2.22 bits per heavy atom. The third-order valence-corrected chi connectivity index (χ3v) is 7.94. The zero-order chi connectivity index (χ0) is 35.5. The molecule has 0 atom stereocenters. The fraction of sp³-hybridized carbons (Fsp3) is 0.200. The normalized spacial score (nSPS) is 12.6. The van der Waals surface area contributed by atoms with Gasteiger partial charge < -0.3 is 33.9 Å². The highest BCUT2D eigenvalue weighted by Gasteiger charge is 2.32. The number of carbonyl (C=O) groups excluding carboxylic acids is 1. The molecule has 0 unspecified atom stereocenters. The monoisotopic (exact) mass is 662 g/mol. The number of phenols is 2. The Kier molecular flexibility index (Phi) is 9.84. The molecule has 5 aromatic rings. The van der Waals surface area contributed by atoms with Gasteiger partial charge in [-0.05, 0) is 76.1 Å². The lowest BCUT2D eigenvalue weighted by atomic mass is 9.93. The number of ether oxygens (including phenoxy) is 3. The average molecular weight is 663 g/mol. The lowest BCUT2D eigenvalue weighted by molar-refractivity contribution is 0.103. The first kappa shape index (κ1) is 34.4. The largest absolute Gasteiger partial charge is 0.508 e. The van der Waals surface area contributed by atoms with Crippen LogP contribution in [0.15, 0.2) is 99.7 Å². The van der Waals surface area contributed by atoms with Crippen LogP contribution in [0.4, 0.5) is 0 Å². The summed E-state index contributed by atoms with van der Waals surface area (Å²) in [5.74, 6) is 1.02. The molecule has 9 nitrogen and oxygen atoms in total. The van der Waals surface area contributed by atoms with Crippen LogP contribution in [-0.2, 0) is 6.42 Å². The number of fused-ring (bicyclic) bond motifs is 3. The summed E-state index contributed by atoms with van der Waals surface area (Å²) in [6, 6.07) is 19.5. The van der Waals surface area contributed by atoms with E-state index in [2.05, 4.69) is 6.08 Å². The molecule has 0 bridgehead atoms. The smallest absolute Gasteiger partial charge is 0.348 e. The molecule has 49 heavy (non-hydrogen) atoms. The summed E-state index contributed by atoms with van der Waals surface area (Å²) in [6.07, 6.45) is 6.31. The van der Waals surface area contributed by atoms with Gasteiger partial charge in [-0.1, -0.05) is 54.1 Å². The molecule has 0 spiro atoms. The van der Waals surface area contributed by atoms with Crippen LogP contribution in [0.2, 0.25) is 0 Å². The van der Waals surface area contributed by atoms with Crippen LogP contribution < -0.4 is 19.8 Å². The minimum atomic E-state index is -0.694. The predicted molar refractivity (Wildman–Crippen MR) is 189 cm³/mol. The van der Waals surface area contributed by atoms with E-state index in [0.717, 1.165) is 11.1 Å². The third-order valence-electron chi connectivity index (χ3n) is 7.94. The maximum atomic E-state index is 12.9. The van der Waals surface area contributed by atoms with Gasteiger partial charge in [0.1, 0.15) is 51.0 Å². The van der Waals surface area contributed by atoms with Gasteiger partial charge in [-0.3, -0.25) is 4.79 Å². The Hall–Kier alpha value is -5.96. The summed E-state index contributed by atoms with van der Waals surface area (Å²) in [6.45, 7) is 7.89. The van der Waals surface area contributed by atoms with E-state index in [4.69, 9.17) is 18.6 Å². The van der Waals surface area contributed by atoms with E-state index in [-0.39, 0.29) is 39.7 Å². The number of ketones is 1. The number of methoxy groups -OCH3 is 2. The molecule has 3 N–H and O–H groups in total. The third kappa shape index (κ3) is 7.16. The molecule has 1 aliphatic rings. The van der Waals surface area contributed by atoms with Crippen molar-refractivity contribution in [2.24, 2.45) is 0 Å². The highest BCUT2D eigenvalue weighted by Crippen LogP contribution is 2.49. The van der Waals surface area contributed by atoms with Crippen molar-refractivity contribution in [1.82, 2.24) is 0 Å². The van der Waals surface area contributed by atoms with Crippen molar-refractivity contribution in [3.05, 3.63) is 123 Å². The molecule has 4 aromatic carbocycles. The van der Waals surface area contributed by atoms with Crippen LogP contribution in [0.25, 0.3) is 28.2 Å². The van der Waals surface area contributed by atoms with Crippen LogP contribution in [0.5, 0.6) is 34.5 Å². The second-order valence-corrected chi connectivity index (χ2v) is 12.2. The molecular formula is C40H38O9. The molecule has 1 aliphatic heterocycles. The summed E-state index contributed by atoms with van der Waals surface area (Å²) < 4.78 is 22.7. The number of rotatable bonds is 7. The number of aromatic hydroxyl groups is 3. The molecule has 0 aliphatic carbocycles. The van der Waals surface area contributed by atoms with Crippen molar-refractivity contribution < 1.29 is 38.7 Å². The summed E-state index contributed by atoms with van der Waals surface area (Å²) in [4.78, 5) is 25.0. The van der Waals surface area contributed by atoms with Crippen molar-refractivity contribution >= 4 is 22.8 Å². The van der Waals surface area contributed by atoms with Crippen LogP contribution >= 0.6 is 0 Å². The van der Waals surface area contributed by atoms with Crippen molar-refractivity contribution in [2.45, 2.75) is 39.7 Å². The van der Waals surface area contributed by atoms with Crippen LogP contribution in [-0.4, -0.2) is 40.9 Å². The molecule has 252 valence electrons. The Morgan fingerprint density at radius 1 is 0.918 bits per heavy atom. The highest BCUT2D eigenvalue weighted by atomic mass is 16.5. The van der Waals surface area contributed by atoms with Gasteiger partial charge in [-0.25, -0.2) is 4.79 Å². The first-order chi connectivity index (χ1) is 23.3. The van der Waals surface area contributed by atoms with Gasteiger partial charge in [0.25, 0.3) is 0 Å². The molecule has 2 heterocycles. The van der Waals surface area contributed by atoms with Crippen LogP contribution in [0, 0.1) is 0 Å². The second-order valence-electron chi connectivity index (χ2n) is 12.2. The van der Waals surface area contributed by atoms with E-state index >= 15 is 0 Å². The first-order valence-electron chi connectivity index (χ1n) is 15.6. The van der Waals surface area contributed by atoms with Gasteiger partial charge in [0.15, 0.2) is 11.4 Å². The lowest BCUT2D eigenvalue weighted by Gasteiger charge is -2.31. The summed E-state index contributed by atoms with van der Waals surface area (Å²) in [7, 11) is 3.02. The second kappa shape index (κ2) is 14.0.